The molecule has 0 radical (unpaired) electrons. The van der Waals surface area contributed by atoms with Gasteiger partial charge < -0.3 is 24.3 Å². The van der Waals surface area contributed by atoms with Crippen LogP contribution in [0.3, 0.4) is 0 Å². The van der Waals surface area contributed by atoms with Gasteiger partial charge in [0.25, 0.3) is 5.91 Å². The van der Waals surface area contributed by atoms with Crippen molar-refractivity contribution in [3.05, 3.63) is 48.0 Å². The number of anilines is 1. The van der Waals surface area contributed by atoms with E-state index in [0.717, 1.165) is 6.42 Å². The summed E-state index contributed by atoms with van der Waals surface area (Å²) < 4.78 is 21.6. The summed E-state index contributed by atoms with van der Waals surface area (Å²) >= 11 is 0. The van der Waals surface area contributed by atoms with Crippen LogP contribution >= 0.6 is 0 Å². The number of ether oxygens (including phenoxy) is 4. The molecule has 0 saturated carbocycles. The topological polar surface area (TPSA) is 100 Å². The number of amides is 1. The molecule has 0 spiro atoms. The van der Waals surface area contributed by atoms with E-state index in [4.69, 9.17) is 18.9 Å². The van der Waals surface area contributed by atoms with E-state index >= 15 is 0 Å². The number of ketones is 1. The summed E-state index contributed by atoms with van der Waals surface area (Å²) in [5, 5.41) is 2.68. The van der Waals surface area contributed by atoms with Crippen LogP contribution in [0.4, 0.5) is 5.69 Å². The van der Waals surface area contributed by atoms with Gasteiger partial charge in [0.2, 0.25) is 0 Å². The molecule has 2 aromatic carbocycles. The molecule has 1 aliphatic heterocycles. The van der Waals surface area contributed by atoms with Crippen molar-refractivity contribution < 1.29 is 33.3 Å². The van der Waals surface area contributed by atoms with Crippen molar-refractivity contribution in [2.75, 3.05) is 25.1 Å². The molecule has 170 valence electrons. The molecule has 0 fully saturated rings. The lowest BCUT2D eigenvalue weighted by Gasteiger charge is -2.19. The monoisotopic (exact) mass is 441 g/mol. The number of benzene rings is 2. The highest BCUT2D eigenvalue weighted by Crippen LogP contribution is 2.32. The second kappa shape index (κ2) is 11.2. The van der Waals surface area contributed by atoms with Gasteiger partial charge in [0, 0.05) is 23.7 Å². The van der Waals surface area contributed by atoms with E-state index in [2.05, 4.69) is 5.32 Å². The van der Waals surface area contributed by atoms with Crippen LogP contribution < -0.4 is 19.5 Å². The highest BCUT2D eigenvalue weighted by molar-refractivity contribution is 5.98. The minimum Gasteiger partial charge on any atom is -0.494 e. The van der Waals surface area contributed by atoms with Gasteiger partial charge in [0.1, 0.15) is 19.0 Å². The molecule has 1 amide bonds. The third-order valence-corrected chi connectivity index (χ3v) is 4.69. The third-order valence-electron chi connectivity index (χ3n) is 4.69. The number of hydrogen-bond acceptors (Lipinski definition) is 7. The number of fused-ring (bicyclic) bond motifs is 1. The summed E-state index contributed by atoms with van der Waals surface area (Å²) in [7, 11) is 0. The Morgan fingerprint density at radius 2 is 1.72 bits per heavy atom. The lowest BCUT2D eigenvalue weighted by molar-refractivity contribution is -0.153. The summed E-state index contributed by atoms with van der Waals surface area (Å²) in [5.41, 5.74) is 0.995. The molecule has 3 rings (SSSR count). The van der Waals surface area contributed by atoms with Gasteiger partial charge in [-0.2, -0.15) is 0 Å². The standard InChI is InChI=1S/C24H27NO7/c1-3-12-29-19-7-4-17(5-8-19)20(26)9-11-23(27)32-16(2)24(28)25-18-6-10-21-22(15-18)31-14-13-30-21/h4-8,10,15-16H,3,9,11-14H2,1-2H3,(H,25,28). The average molecular weight is 441 g/mol. The fourth-order valence-electron chi connectivity index (χ4n) is 2.99. The van der Waals surface area contributed by atoms with Crippen molar-refractivity contribution in [3.63, 3.8) is 0 Å². The van der Waals surface area contributed by atoms with E-state index in [0.29, 0.717) is 48.3 Å². The Bertz CT molecular complexity index is 955. The molecule has 0 bridgehead atoms. The second-order valence-electron chi connectivity index (χ2n) is 7.28. The summed E-state index contributed by atoms with van der Waals surface area (Å²) in [4.78, 5) is 36.7. The Morgan fingerprint density at radius 3 is 2.44 bits per heavy atom. The first kappa shape index (κ1) is 23.1. The average Bonchev–Trinajstić information content (AvgIpc) is 2.81. The largest absolute Gasteiger partial charge is 0.494 e. The molecule has 8 nitrogen and oxygen atoms in total. The van der Waals surface area contributed by atoms with Crippen LogP contribution in [0.25, 0.3) is 0 Å². The predicted molar refractivity (Wildman–Crippen MR) is 117 cm³/mol. The molecule has 1 N–H and O–H groups in total. The first-order chi connectivity index (χ1) is 15.5. The lowest BCUT2D eigenvalue weighted by atomic mass is 10.1. The van der Waals surface area contributed by atoms with E-state index in [1.807, 2.05) is 6.92 Å². The van der Waals surface area contributed by atoms with Gasteiger partial charge >= 0.3 is 5.97 Å². The van der Waals surface area contributed by atoms with E-state index in [1.54, 1.807) is 42.5 Å². The molecule has 1 aliphatic rings. The number of carbonyl (C=O) groups excluding carboxylic acids is 3. The first-order valence-corrected chi connectivity index (χ1v) is 10.6. The normalized spacial score (nSPS) is 13.1. The van der Waals surface area contributed by atoms with E-state index in [1.165, 1.54) is 6.92 Å². The van der Waals surface area contributed by atoms with Crippen LogP contribution in [0.5, 0.6) is 17.2 Å². The van der Waals surface area contributed by atoms with Crippen LogP contribution in [-0.2, 0) is 14.3 Å². The van der Waals surface area contributed by atoms with Gasteiger partial charge in [0.15, 0.2) is 23.4 Å². The Balaban J connectivity index is 1.43. The second-order valence-corrected chi connectivity index (χ2v) is 7.28. The minimum absolute atomic E-state index is 0.00943. The zero-order valence-corrected chi connectivity index (χ0v) is 18.2. The number of hydrogen-bond donors (Lipinski definition) is 1. The van der Waals surface area contributed by atoms with Gasteiger partial charge in [0.05, 0.1) is 13.0 Å². The summed E-state index contributed by atoms with van der Waals surface area (Å²) in [6, 6.07) is 11.8. The van der Waals surface area contributed by atoms with Crippen molar-refractivity contribution in [3.8, 4) is 17.2 Å². The van der Waals surface area contributed by atoms with Crippen molar-refractivity contribution >= 4 is 23.3 Å². The molecular formula is C24H27NO7. The van der Waals surface area contributed by atoms with E-state index in [9.17, 15) is 14.4 Å². The van der Waals surface area contributed by atoms with Crippen LogP contribution in [0, 0.1) is 0 Å². The quantitative estimate of drug-likeness (QED) is 0.442. The molecule has 8 heteroatoms. The maximum atomic E-state index is 12.3. The van der Waals surface area contributed by atoms with Gasteiger partial charge in [-0.05, 0) is 49.7 Å². The molecule has 1 unspecified atom stereocenters. The van der Waals surface area contributed by atoms with Gasteiger partial charge in [-0.3, -0.25) is 14.4 Å². The first-order valence-electron chi connectivity index (χ1n) is 10.6. The van der Waals surface area contributed by atoms with Crippen LogP contribution in [0.15, 0.2) is 42.5 Å². The molecule has 2 aromatic rings. The molecule has 0 aliphatic carbocycles. The number of Topliss-reactive ketones (excluding diaryl/α,β-unsaturated/α-hetero) is 1. The molecule has 0 saturated heterocycles. The highest BCUT2D eigenvalue weighted by Gasteiger charge is 2.20. The summed E-state index contributed by atoms with van der Waals surface area (Å²) in [6.07, 6.45) is -0.240. The lowest BCUT2D eigenvalue weighted by Crippen LogP contribution is -2.30. The number of esters is 1. The summed E-state index contributed by atoms with van der Waals surface area (Å²) in [5.74, 6) is 0.566. The maximum absolute atomic E-state index is 12.3. The molecule has 32 heavy (non-hydrogen) atoms. The Labute approximate surface area is 186 Å². The van der Waals surface area contributed by atoms with Gasteiger partial charge in [-0.25, -0.2) is 0 Å². The van der Waals surface area contributed by atoms with Crippen molar-refractivity contribution in [2.45, 2.75) is 39.2 Å². The third kappa shape index (κ3) is 6.47. The summed E-state index contributed by atoms with van der Waals surface area (Å²) in [6.45, 7) is 5.02. The van der Waals surface area contributed by atoms with Gasteiger partial charge in [-0.1, -0.05) is 6.92 Å². The van der Waals surface area contributed by atoms with Gasteiger partial charge in [-0.15, -0.1) is 0 Å². The fourth-order valence-corrected chi connectivity index (χ4v) is 2.99. The predicted octanol–water partition coefficient (Wildman–Crippen LogP) is 3.78. The van der Waals surface area contributed by atoms with Crippen LogP contribution in [-0.4, -0.2) is 43.6 Å². The van der Waals surface area contributed by atoms with Crippen molar-refractivity contribution in [1.82, 2.24) is 0 Å². The van der Waals surface area contributed by atoms with E-state index in [-0.39, 0.29) is 18.6 Å². The van der Waals surface area contributed by atoms with E-state index < -0.39 is 18.0 Å². The highest BCUT2D eigenvalue weighted by atomic mass is 16.6. The number of carbonyl (C=O) groups is 3. The maximum Gasteiger partial charge on any atom is 0.307 e. The number of rotatable bonds is 10. The zero-order valence-electron chi connectivity index (χ0n) is 18.2. The fraction of sp³-hybridized carbons (Fsp3) is 0.375. The van der Waals surface area contributed by atoms with Crippen molar-refractivity contribution in [1.29, 1.82) is 0 Å². The SMILES string of the molecule is CCCOc1ccc(C(=O)CCC(=O)OC(C)C(=O)Nc2ccc3c(c2)OCCO3)cc1. The van der Waals surface area contributed by atoms with Crippen LogP contribution in [0.1, 0.15) is 43.5 Å². The zero-order chi connectivity index (χ0) is 22.9. The van der Waals surface area contributed by atoms with Crippen LogP contribution in [0.2, 0.25) is 0 Å². The minimum atomic E-state index is -1.01. The Hall–Kier alpha value is -3.55. The molecular weight excluding hydrogens is 414 g/mol. The molecule has 1 atom stereocenters. The van der Waals surface area contributed by atoms with Crippen molar-refractivity contribution in [2.24, 2.45) is 0 Å². The number of nitrogens with one attached hydrogen (secondary N) is 1. The Kier molecular flexibility index (Phi) is 8.08. The smallest absolute Gasteiger partial charge is 0.307 e. The molecule has 1 heterocycles. The molecule has 0 aromatic heterocycles. The Morgan fingerprint density at radius 1 is 1.00 bits per heavy atom.